The van der Waals surface area contributed by atoms with Gasteiger partial charge in [-0.15, -0.1) is 0 Å². The van der Waals surface area contributed by atoms with E-state index in [1.807, 2.05) is 43.3 Å². The summed E-state index contributed by atoms with van der Waals surface area (Å²) in [5.74, 6) is -1.30. The number of carbonyl (C=O) groups is 3. The lowest BCUT2D eigenvalue weighted by Crippen LogP contribution is -2.50. The van der Waals surface area contributed by atoms with Crippen LogP contribution >= 0.6 is 0 Å². The van der Waals surface area contributed by atoms with E-state index in [1.165, 1.54) is 7.11 Å². The highest BCUT2D eigenvalue weighted by Gasteiger charge is 2.37. The van der Waals surface area contributed by atoms with Crippen molar-refractivity contribution in [3.05, 3.63) is 59.7 Å². The summed E-state index contributed by atoms with van der Waals surface area (Å²) in [6, 6.07) is 15.2. The summed E-state index contributed by atoms with van der Waals surface area (Å²) in [7, 11) is 1.46. The number of carbonyl (C=O) groups excluding carboxylic acids is 2. The average molecular weight is 467 g/mol. The first kappa shape index (κ1) is 23.8. The van der Waals surface area contributed by atoms with Gasteiger partial charge in [0.05, 0.1) is 13.0 Å². The summed E-state index contributed by atoms with van der Waals surface area (Å²) >= 11 is 0. The summed E-state index contributed by atoms with van der Waals surface area (Å²) in [4.78, 5) is 38.4. The molecule has 8 heteroatoms. The molecular formula is C26H30N2O6. The molecule has 2 aromatic rings. The molecule has 0 saturated carbocycles. The lowest BCUT2D eigenvalue weighted by molar-refractivity contribution is -0.139. The van der Waals surface area contributed by atoms with Gasteiger partial charge in [-0.1, -0.05) is 55.5 Å². The van der Waals surface area contributed by atoms with Gasteiger partial charge in [0.1, 0.15) is 12.6 Å². The lowest BCUT2D eigenvalue weighted by atomic mass is 9.95. The van der Waals surface area contributed by atoms with Gasteiger partial charge in [0, 0.05) is 26.1 Å². The van der Waals surface area contributed by atoms with Gasteiger partial charge in [-0.05, 0) is 34.1 Å². The van der Waals surface area contributed by atoms with Crippen molar-refractivity contribution in [2.24, 2.45) is 11.8 Å². The van der Waals surface area contributed by atoms with Crippen LogP contribution in [0.4, 0.5) is 4.79 Å². The fourth-order valence-electron chi connectivity index (χ4n) is 5.05. The average Bonchev–Trinajstić information content (AvgIpc) is 3.34. The smallest absolute Gasteiger partial charge is 0.407 e. The summed E-state index contributed by atoms with van der Waals surface area (Å²) in [6.07, 6.45) is -0.675. The first-order chi connectivity index (χ1) is 16.4. The molecule has 0 bridgehead atoms. The van der Waals surface area contributed by atoms with Crippen molar-refractivity contribution in [3.8, 4) is 11.1 Å². The van der Waals surface area contributed by atoms with E-state index >= 15 is 0 Å². The summed E-state index contributed by atoms with van der Waals surface area (Å²) in [5.41, 5.74) is 4.49. The minimum Gasteiger partial charge on any atom is -0.481 e. The van der Waals surface area contributed by atoms with Crippen LogP contribution in [0.25, 0.3) is 11.1 Å². The zero-order chi connectivity index (χ0) is 24.2. The van der Waals surface area contributed by atoms with E-state index in [-0.39, 0.29) is 43.3 Å². The zero-order valence-corrected chi connectivity index (χ0v) is 19.4. The number of carboxylic acids is 1. The Morgan fingerprint density at radius 1 is 1.06 bits per heavy atom. The Bertz CT molecular complexity index is 1030. The lowest BCUT2D eigenvalue weighted by Gasteiger charge is -2.24. The Morgan fingerprint density at radius 3 is 2.26 bits per heavy atom. The van der Waals surface area contributed by atoms with Crippen molar-refractivity contribution in [1.29, 1.82) is 0 Å². The van der Waals surface area contributed by atoms with Crippen LogP contribution in [0.1, 0.15) is 30.4 Å². The summed E-state index contributed by atoms with van der Waals surface area (Å²) < 4.78 is 10.7. The molecule has 2 aromatic carbocycles. The van der Waals surface area contributed by atoms with Gasteiger partial charge in [0.25, 0.3) is 0 Å². The molecular weight excluding hydrogens is 436 g/mol. The second kappa shape index (κ2) is 10.3. The predicted molar refractivity (Wildman–Crippen MR) is 125 cm³/mol. The summed E-state index contributed by atoms with van der Waals surface area (Å²) in [5, 5.41) is 11.7. The molecule has 2 N–H and O–H groups in total. The third-order valence-electron chi connectivity index (χ3n) is 6.78. The SMILES string of the molecule is COCC(NC(=O)OCC1c2ccccc2-c2ccccc21)C(=O)N1C[C@@H](CC(=O)O)[C@H](C)C1. The Hall–Kier alpha value is -3.39. The molecule has 1 aliphatic carbocycles. The van der Waals surface area contributed by atoms with E-state index in [4.69, 9.17) is 14.6 Å². The molecule has 2 amide bonds. The number of nitrogens with one attached hydrogen (secondary N) is 1. The van der Waals surface area contributed by atoms with E-state index in [0.29, 0.717) is 13.1 Å². The first-order valence-corrected chi connectivity index (χ1v) is 11.5. The molecule has 4 rings (SSSR count). The molecule has 180 valence electrons. The standard InChI is InChI=1S/C26H30N2O6/c1-16-12-28(13-17(16)11-24(29)30)25(31)23(15-33-2)27-26(32)34-14-22-20-9-5-3-7-18(20)19-8-4-6-10-21(19)22/h3-10,16-17,22-23H,11-15H2,1-2H3,(H,27,32)(H,29,30)/t16-,17-,23?/m1/s1. The van der Waals surface area contributed by atoms with E-state index in [2.05, 4.69) is 17.4 Å². The maximum Gasteiger partial charge on any atom is 0.407 e. The molecule has 1 saturated heterocycles. The number of nitrogens with zero attached hydrogens (tertiary/aromatic N) is 1. The van der Waals surface area contributed by atoms with Crippen molar-refractivity contribution >= 4 is 18.0 Å². The topological polar surface area (TPSA) is 105 Å². The molecule has 1 unspecified atom stereocenters. The number of amides is 2. The number of hydrogen-bond acceptors (Lipinski definition) is 5. The fourth-order valence-corrected chi connectivity index (χ4v) is 5.05. The number of hydrogen-bond donors (Lipinski definition) is 2. The second-order valence-electron chi connectivity index (χ2n) is 9.06. The fraction of sp³-hybridized carbons (Fsp3) is 0.423. The van der Waals surface area contributed by atoms with E-state index < -0.39 is 18.1 Å². The van der Waals surface area contributed by atoms with E-state index in [1.54, 1.807) is 4.90 Å². The van der Waals surface area contributed by atoms with Crippen molar-refractivity contribution in [3.63, 3.8) is 0 Å². The molecule has 1 heterocycles. The van der Waals surface area contributed by atoms with Gasteiger partial charge in [-0.25, -0.2) is 4.79 Å². The number of likely N-dealkylation sites (tertiary alicyclic amines) is 1. The third kappa shape index (κ3) is 4.92. The maximum absolute atomic E-state index is 13.1. The molecule has 1 aliphatic heterocycles. The van der Waals surface area contributed by atoms with Crippen LogP contribution < -0.4 is 5.32 Å². The van der Waals surface area contributed by atoms with E-state index in [9.17, 15) is 14.4 Å². The monoisotopic (exact) mass is 466 g/mol. The predicted octanol–water partition coefficient (Wildman–Crippen LogP) is 3.11. The Balaban J connectivity index is 1.38. The molecule has 0 spiro atoms. The van der Waals surface area contributed by atoms with Crippen LogP contribution in [-0.4, -0.2) is 67.4 Å². The zero-order valence-electron chi connectivity index (χ0n) is 19.4. The molecule has 2 aliphatic rings. The molecule has 8 nitrogen and oxygen atoms in total. The van der Waals surface area contributed by atoms with Crippen molar-refractivity contribution in [1.82, 2.24) is 10.2 Å². The van der Waals surface area contributed by atoms with Crippen LogP contribution in [0, 0.1) is 11.8 Å². The van der Waals surface area contributed by atoms with Gasteiger partial charge in [0.2, 0.25) is 5.91 Å². The van der Waals surface area contributed by atoms with Crippen LogP contribution in [-0.2, 0) is 19.1 Å². The van der Waals surface area contributed by atoms with Crippen LogP contribution in [0.3, 0.4) is 0 Å². The molecule has 3 atom stereocenters. The highest BCUT2D eigenvalue weighted by atomic mass is 16.5. The van der Waals surface area contributed by atoms with Crippen LogP contribution in [0.15, 0.2) is 48.5 Å². The normalized spacial score (nSPS) is 19.9. The highest BCUT2D eigenvalue weighted by molar-refractivity contribution is 5.86. The first-order valence-electron chi connectivity index (χ1n) is 11.5. The molecule has 34 heavy (non-hydrogen) atoms. The Morgan fingerprint density at radius 2 is 1.68 bits per heavy atom. The number of benzene rings is 2. The van der Waals surface area contributed by atoms with Gasteiger partial charge < -0.3 is 24.8 Å². The molecule has 1 fully saturated rings. The molecule has 0 radical (unpaired) electrons. The quantitative estimate of drug-likeness (QED) is 0.619. The van der Waals surface area contributed by atoms with Crippen LogP contribution in [0.5, 0.6) is 0 Å². The van der Waals surface area contributed by atoms with Crippen molar-refractivity contribution in [2.45, 2.75) is 25.3 Å². The molecule has 0 aromatic heterocycles. The van der Waals surface area contributed by atoms with Gasteiger partial charge in [-0.3, -0.25) is 9.59 Å². The number of carboxylic acid groups (broad SMARTS) is 1. The Kier molecular flexibility index (Phi) is 7.17. The number of rotatable bonds is 8. The van der Waals surface area contributed by atoms with Crippen LogP contribution in [0.2, 0.25) is 0 Å². The number of fused-ring (bicyclic) bond motifs is 3. The van der Waals surface area contributed by atoms with Crippen molar-refractivity contribution in [2.75, 3.05) is 33.4 Å². The number of ether oxygens (including phenoxy) is 2. The number of aliphatic carboxylic acids is 1. The minimum absolute atomic E-state index is 0.00247. The van der Waals surface area contributed by atoms with Gasteiger partial charge in [-0.2, -0.15) is 0 Å². The minimum atomic E-state index is -0.906. The Labute approximate surface area is 198 Å². The van der Waals surface area contributed by atoms with Gasteiger partial charge in [0.15, 0.2) is 0 Å². The third-order valence-corrected chi connectivity index (χ3v) is 6.78. The maximum atomic E-state index is 13.1. The second-order valence-corrected chi connectivity index (χ2v) is 9.06. The van der Waals surface area contributed by atoms with Crippen molar-refractivity contribution < 1.29 is 29.0 Å². The number of alkyl carbamates (subject to hydrolysis) is 1. The summed E-state index contributed by atoms with van der Waals surface area (Å²) in [6.45, 7) is 2.88. The largest absolute Gasteiger partial charge is 0.481 e. The van der Waals surface area contributed by atoms with E-state index in [0.717, 1.165) is 22.3 Å². The van der Waals surface area contributed by atoms with Gasteiger partial charge >= 0.3 is 12.1 Å². The number of methoxy groups -OCH3 is 1. The highest BCUT2D eigenvalue weighted by Crippen LogP contribution is 2.44.